The van der Waals surface area contributed by atoms with Crippen molar-refractivity contribution >= 4 is 34.3 Å². The number of aromatic nitrogens is 4. The molecule has 5 nitrogen and oxygen atoms in total. The normalized spacial score (nSPS) is 12.0. The lowest BCUT2D eigenvalue weighted by atomic mass is 10.2. The number of rotatable bonds is 3. The number of pyridine rings is 1. The van der Waals surface area contributed by atoms with Crippen LogP contribution in [0.15, 0.2) is 35.5 Å². The van der Waals surface area contributed by atoms with Crippen LogP contribution in [0.1, 0.15) is 11.4 Å². The Morgan fingerprint density at radius 1 is 1.22 bits per heavy atom. The van der Waals surface area contributed by atoms with Crippen molar-refractivity contribution in [1.82, 2.24) is 19.9 Å². The maximum atomic E-state index is 12.6. The minimum Gasteiger partial charge on any atom is -0.335 e. The lowest BCUT2D eigenvalue weighted by molar-refractivity contribution is -0.146. The Hall–Kier alpha value is -2.00. The molecule has 0 amide bonds. The standard InChI is InChI=1S/C13H9ClF3N5S/c14-10-8(5-7-3-1-2-4-9(7)19-10)6-23-12-21-20-11(22(12)18)13(15,16)17/h1-5H,6,18H2. The molecule has 0 atom stereocenters. The van der Waals surface area contributed by atoms with Crippen LogP contribution < -0.4 is 5.84 Å². The van der Waals surface area contributed by atoms with Crippen LogP contribution in [0.3, 0.4) is 0 Å². The van der Waals surface area contributed by atoms with Crippen LogP contribution in [-0.4, -0.2) is 19.9 Å². The first-order valence-corrected chi connectivity index (χ1v) is 7.67. The Balaban J connectivity index is 1.84. The number of alkyl halides is 3. The van der Waals surface area contributed by atoms with Gasteiger partial charge in [-0.2, -0.15) is 13.2 Å². The fourth-order valence-electron chi connectivity index (χ4n) is 1.95. The molecule has 0 radical (unpaired) electrons. The van der Waals surface area contributed by atoms with Gasteiger partial charge < -0.3 is 5.84 Å². The summed E-state index contributed by atoms with van der Waals surface area (Å²) in [5, 5.41) is 7.64. The average Bonchev–Trinajstić information content (AvgIpc) is 2.86. The van der Waals surface area contributed by atoms with Gasteiger partial charge in [-0.1, -0.05) is 41.6 Å². The Kier molecular flexibility index (Phi) is 4.07. The molecule has 23 heavy (non-hydrogen) atoms. The second-order valence-corrected chi connectivity index (χ2v) is 5.89. The third kappa shape index (κ3) is 3.20. The zero-order valence-corrected chi connectivity index (χ0v) is 13.0. The van der Waals surface area contributed by atoms with E-state index in [-0.39, 0.29) is 16.1 Å². The van der Waals surface area contributed by atoms with Crippen molar-refractivity contribution in [2.45, 2.75) is 17.1 Å². The Morgan fingerprint density at radius 3 is 2.65 bits per heavy atom. The number of hydrogen-bond acceptors (Lipinski definition) is 5. The van der Waals surface area contributed by atoms with Crippen molar-refractivity contribution in [2.75, 3.05) is 5.84 Å². The van der Waals surface area contributed by atoms with Gasteiger partial charge in [-0.15, -0.1) is 10.2 Å². The summed E-state index contributed by atoms with van der Waals surface area (Å²) in [5.41, 5.74) is 1.42. The maximum absolute atomic E-state index is 12.6. The molecule has 0 unspecified atom stereocenters. The van der Waals surface area contributed by atoms with E-state index in [1.165, 1.54) is 0 Å². The SMILES string of the molecule is Nn1c(SCc2cc3ccccc3nc2Cl)nnc1C(F)(F)F. The number of halogens is 4. The third-order valence-corrected chi connectivity index (χ3v) is 4.34. The second-order valence-electron chi connectivity index (χ2n) is 4.59. The van der Waals surface area contributed by atoms with Gasteiger partial charge in [0.1, 0.15) is 5.15 Å². The number of nitrogens with zero attached hydrogens (tertiary/aromatic N) is 4. The molecule has 0 fully saturated rings. The highest BCUT2D eigenvalue weighted by Crippen LogP contribution is 2.31. The lowest BCUT2D eigenvalue weighted by Crippen LogP contribution is -2.21. The Bertz CT molecular complexity index is 864. The summed E-state index contributed by atoms with van der Waals surface area (Å²) >= 11 is 7.11. The van der Waals surface area contributed by atoms with Gasteiger partial charge in [0, 0.05) is 16.7 Å². The molecule has 0 aliphatic rings. The number of nitrogens with two attached hydrogens (primary N) is 1. The molecule has 0 aliphatic carbocycles. The first kappa shape index (κ1) is 15.9. The van der Waals surface area contributed by atoms with Crippen LogP contribution in [0.4, 0.5) is 13.2 Å². The first-order valence-electron chi connectivity index (χ1n) is 6.31. The van der Waals surface area contributed by atoms with Gasteiger partial charge in [-0.05, 0) is 12.1 Å². The van der Waals surface area contributed by atoms with Crippen molar-refractivity contribution in [3.05, 3.63) is 46.9 Å². The van der Waals surface area contributed by atoms with E-state index < -0.39 is 12.0 Å². The molecule has 0 aliphatic heterocycles. The molecule has 0 spiro atoms. The van der Waals surface area contributed by atoms with E-state index in [0.29, 0.717) is 10.2 Å². The smallest absolute Gasteiger partial charge is 0.335 e. The predicted octanol–water partition coefficient (Wildman–Crippen LogP) is 3.50. The fraction of sp³-hybridized carbons (Fsp3) is 0.154. The number of hydrogen-bond donors (Lipinski definition) is 1. The molecule has 1 aromatic carbocycles. The van der Waals surface area contributed by atoms with E-state index in [0.717, 1.165) is 22.7 Å². The van der Waals surface area contributed by atoms with Gasteiger partial charge in [-0.25, -0.2) is 9.66 Å². The van der Waals surface area contributed by atoms with Crippen LogP contribution in [-0.2, 0) is 11.9 Å². The molecule has 3 aromatic rings. The summed E-state index contributed by atoms with van der Waals surface area (Å²) in [6, 6.07) is 9.24. The van der Waals surface area contributed by atoms with Crippen LogP contribution >= 0.6 is 23.4 Å². The van der Waals surface area contributed by atoms with Gasteiger partial charge in [0.05, 0.1) is 5.52 Å². The largest absolute Gasteiger partial charge is 0.453 e. The number of nitrogen functional groups attached to an aromatic ring is 1. The van der Waals surface area contributed by atoms with E-state index in [1.54, 1.807) is 0 Å². The highest BCUT2D eigenvalue weighted by atomic mass is 35.5. The first-order chi connectivity index (χ1) is 10.9. The van der Waals surface area contributed by atoms with Crippen molar-refractivity contribution in [2.24, 2.45) is 0 Å². The molecule has 0 saturated heterocycles. The van der Waals surface area contributed by atoms with Gasteiger partial charge in [-0.3, -0.25) is 0 Å². The van der Waals surface area contributed by atoms with E-state index in [4.69, 9.17) is 17.4 Å². The number of thioether (sulfide) groups is 1. The van der Waals surface area contributed by atoms with Crippen LogP contribution in [0, 0.1) is 0 Å². The van der Waals surface area contributed by atoms with Gasteiger partial charge >= 0.3 is 6.18 Å². The van der Waals surface area contributed by atoms with Crippen molar-refractivity contribution in [3.8, 4) is 0 Å². The second kappa shape index (κ2) is 5.89. The lowest BCUT2D eigenvalue weighted by Gasteiger charge is -2.07. The number of para-hydroxylation sites is 1. The monoisotopic (exact) mass is 359 g/mol. The van der Waals surface area contributed by atoms with E-state index >= 15 is 0 Å². The van der Waals surface area contributed by atoms with Crippen molar-refractivity contribution in [1.29, 1.82) is 0 Å². The quantitative estimate of drug-likeness (QED) is 0.440. The molecule has 0 bridgehead atoms. The van der Waals surface area contributed by atoms with Crippen LogP contribution in [0.5, 0.6) is 0 Å². The van der Waals surface area contributed by atoms with E-state index in [1.807, 2.05) is 30.3 Å². The summed E-state index contributed by atoms with van der Waals surface area (Å²) in [6.07, 6.45) is -4.65. The Labute approximate surface area is 137 Å². The van der Waals surface area contributed by atoms with Gasteiger partial charge in [0.15, 0.2) is 0 Å². The Morgan fingerprint density at radius 2 is 1.96 bits per heavy atom. The molecule has 0 saturated carbocycles. The molecule has 10 heteroatoms. The average molecular weight is 360 g/mol. The van der Waals surface area contributed by atoms with Crippen LogP contribution in [0.25, 0.3) is 10.9 Å². The molecular weight excluding hydrogens is 351 g/mol. The number of benzene rings is 1. The minimum absolute atomic E-state index is 0.0541. The predicted molar refractivity (Wildman–Crippen MR) is 81.5 cm³/mol. The van der Waals surface area contributed by atoms with Crippen molar-refractivity contribution < 1.29 is 13.2 Å². The maximum Gasteiger partial charge on any atom is 0.453 e. The van der Waals surface area contributed by atoms with Gasteiger partial charge in [0.2, 0.25) is 5.16 Å². The van der Waals surface area contributed by atoms with Gasteiger partial charge in [0.25, 0.3) is 5.82 Å². The van der Waals surface area contributed by atoms with E-state index in [2.05, 4.69) is 15.2 Å². The topological polar surface area (TPSA) is 69.6 Å². The molecule has 120 valence electrons. The molecule has 2 N–H and O–H groups in total. The summed E-state index contributed by atoms with van der Waals surface area (Å²) in [4.78, 5) is 4.25. The molecule has 3 rings (SSSR count). The van der Waals surface area contributed by atoms with Crippen LogP contribution in [0.2, 0.25) is 5.15 Å². The third-order valence-electron chi connectivity index (χ3n) is 3.02. The highest BCUT2D eigenvalue weighted by molar-refractivity contribution is 7.98. The summed E-state index contributed by atoms with van der Waals surface area (Å²) < 4.78 is 38.3. The zero-order chi connectivity index (χ0) is 16.6. The zero-order valence-electron chi connectivity index (χ0n) is 11.4. The number of fused-ring (bicyclic) bond motifs is 1. The molecule has 2 heterocycles. The summed E-state index contributed by atoms with van der Waals surface area (Å²) in [7, 11) is 0. The summed E-state index contributed by atoms with van der Waals surface area (Å²) in [6.45, 7) is 0. The highest BCUT2D eigenvalue weighted by Gasteiger charge is 2.38. The van der Waals surface area contributed by atoms with Crippen molar-refractivity contribution in [3.63, 3.8) is 0 Å². The summed E-state index contributed by atoms with van der Waals surface area (Å²) in [5.74, 6) is 4.40. The van der Waals surface area contributed by atoms with E-state index in [9.17, 15) is 13.2 Å². The molecule has 2 aromatic heterocycles. The fourth-order valence-corrected chi connectivity index (χ4v) is 3.07. The molecular formula is C13H9ClF3N5S. The minimum atomic E-state index is -4.65.